The van der Waals surface area contributed by atoms with Crippen molar-refractivity contribution in [3.05, 3.63) is 51.5 Å². The second kappa shape index (κ2) is 7.40. The molecule has 6 nitrogen and oxygen atoms in total. The van der Waals surface area contributed by atoms with Crippen LogP contribution in [0.5, 0.6) is 0 Å². The number of fused-ring (bicyclic) bond motifs is 2. The van der Waals surface area contributed by atoms with Gasteiger partial charge in [0.2, 0.25) is 5.91 Å². The largest absolute Gasteiger partial charge is 0.370 e. The van der Waals surface area contributed by atoms with Crippen LogP contribution in [0.2, 0.25) is 0 Å². The Morgan fingerprint density at radius 1 is 1.37 bits per heavy atom. The average Bonchev–Trinajstić information content (AvgIpc) is 3.13. The Balaban J connectivity index is 1.49. The van der Waals surface area contributed by atoms with Gasteiger partial charge in [0, 0.05) is 50.2 Å². The fourth-order valence-corrected chi connectivity index (χ4v) is 5.04. The van der Waals surface area contributed by atoms with Gasteiger partial charge in [-0.25, -0.2) is 0 Å². The minimum Gasteiger partial charge on any atom is -0.370 e. The van der Waals surface area contributed by atoms with Gasteiger partial charge in [-0.3, -0.25) is 14.6 Å². The van der Waals surface area contributed by atoms with E-state index in [0.717, 1.165) is 35.3 Å². The topological polar surface area (TPSA) is 71.5 Å². The minimum atomic E-state index is -0.349. The second-order valence-electron chi connectivity index (χ2n) is 7.09. The molecule has 0 atom stereocenters. The van der Waals surface area contributed by atoms with Crippen molar-refractivity contribution in [2.45, 2.75) is 38.3 Å². The van der Waals surface area contributed by atoms with Crippen LogP contribution < -0.4 is 5.32 Å². The number of rotatable bonds is 3. The van der Waals surface area contributed by atoms with Crippen molar-refractivity contribution in [2.24, 2.45) is 0 Å². The SMILES string of the molecule is CC(=O)N1CCC2(CC1)OCCc1sc(C(=O)NCc3cccnc3)cc12. The molecule has 142 valence electrons. The number of carbonyl (C=O) groups excluding carboxylic acids is 2. The van der Waals surface area contributed by atoms with E-state index in [1.54, 1.807) is 30.7 Å². The van der Waals surface area contributed by atoms with Crippen LogP contribution in [0.1, 0.15) is 45.4 Å². The van der Waals surface area contributed by atoms with E-state index in [1.807, 2.05) is 23.1 Å². The molecular formula is C20H23N3O3S. The highest BCUT2D eigenvalue weighted by molar-refractivity contribution is 7.14. The first-order chi connectivity index (χ1) is 13.1. The highest BCUT2D eigenvalue weighted by Gasteiger charge is 2.42. The van der Waals surface area contributed by atoms with Gasteiger partial charge in [0.15, 0.2) is 0 Å². The number of likely N-dealkylation sites (tertiary alicyclic amines) is 1. The van der Waals surface area contributed by atoms with Crippen LogP contribution >= 0.6 is 11.3 Å². The van der Waals surface area contributed by atoms with E-state index in [0.29, 0.717) is 26.2 Å². The molecule has 0 aliphatic carbocycles. The molecule has 1 fully saturated rings. The van der Waals surface area contributed by atoms with E-state index >= 15 is 0 Å². The number of pyridine rings is 1. The van der Waals surface area contributed by atoms with Crippen molar-refractivity contribution < 1.29 is 14.3 Å². The lowest BCUT2D eigenvalue weighted by molar-refractivity contribution is -0.138. The Morgan fingerprint density at radius 2 is 2.19 bits per heavy atom. The number of hydrogen-bond acceptors (Lipinski definition) is 5. The van der Waals surface area contributed by atoms with Crippen molar-refractivity contribution in [3.8, 4) is 0 Å². The zero-order chi connectivity index (χ0) is 18.9. The number of amides is 2. The molecule has 27 heavy (non-hydrogen) atoms. The summed E-state index contributed by atoms with van der Waals surface area (Å²) < 4.78 is 6.21. The second-order valence-corrected chi connectivity index (χ2v) is 8.23. The third kappa shape index (κ3) is 3.61. The molecule has 1 spiro atoms. The Hall–Kier alpha value is -2.25. The van der Waals surface area contributed by atoms with Crippen LogP contribution in [0, 0.1) is 0 Å². The van der Waals surface area contributed by atoms with Gasteiger partial charge in [0.1, 0.15) is 0 Å². The molecule has 1 saturated heterocycles. The molecule has 0 unspecified atom stereocenters. The monoisotopic (exact) mass is 385 g/mol. The lowest BCUT2D eigenvalue weighted by Crippen LogP contribution is -2.47. The smallest absolute Gasteiger partial charge is 0.261 e. The van der Waals surface area contributed by atoms with Gasteiger partial charge in [-0.2, -0.15) is 0 Å². The average molecular weight is 385 g/mol. The van der Waals surface area contributed by atoms with Crippen LogP contribution in [0.3, 0.4) is 0 Å². The first-order valence-electron chi connectivity index (χ1n) is 9.27. The third-order valence-corrected chi connectivity index (χ3v) is 6.62. The molecule has 2 aromatic heterocycles. The maximum atomic E-state index is 12.6. The van der Waals surface area contributed by atoms with Crippen LogP contribution in [-0.4, -0.2) is 41.4 Å². The van der Waals surface area contributed by atoms with E-state index in [-0.39, 0.29) is 17.4 Å². The summed E-state index contributed by atoms with van der Waals surface area (Å²) in [4.78, 5) is 32.2. The Morgan fingerprint density at radius 3 is 2.89 bits per heavy atom. The number of piperidine rings is 1. The standard InChI is InChI=1S/C20H23N3O3S/c1-14(24)23-8-5-20(6-9-23)16-11-18(27-17(16)4-10-26-20)19(25)22-13-15-3-2-7-21-12-15/h2-3,7,11-12H,4-6,8-10,13H2,1H3,(H,22,25). The fraction of sp³-hybridized carbons (Fsp3) is 0.450. The zero-order valence-corrected chi connectivity index (χ0v) is 16.2. The summed E-state index contributed by atoms with van der Waals surface area (Å²) in [6.07, 6.45) is 5.88. The summed E-state index contributed by atoms with van der Waals surface area (Å²) in [5.74, 6) is 0.0521. The predicted molar refractivity (Wildman–Crippen MR) is 103 cm³/mol. The van der Waals surface area contributed by atoms with E-state index in [4.69, 9.17) is 4.74 Å². The van der Waals surface area contributed by atoms with E-state index in [9.17, 15) is 9.59 Å². The van der Waals surface area contributed by atoms with Crippen LogP contribution in [0.15, 0.2) is 30.6 Å². The molecule has 7 heteroatoms. The van der Waals surface area contributed by atoms with Crippen molar-refractivity contribution in [1.29, 1.82) is 0 Å². The van der Waals surface area contributed by atoms with E-state index in [2.05, 4.69) is 10.3 Å². The molecule has 0 aromatic carbocycles. The fourth-order valence-electron chi connectivity index (χ4n) is 3.90. The number of ether oxygens (including phenoxy) is 1. The van der Waals surface area contributed by atoms with Gasteiger partial charge >= 0.3 is 0 Å². The first-order valence-corrected chi connectivity index (χ1v) is 10.1. The Labute approximate surface area is 162 Å². The molecule has 4 heterocycles. The Kier molecular flexibility index (Phi) is 4.97. The first kappa shape index (κ1) is 18.1. The predicted octanol–water partition coefficient (Wildman–Crippen LogP) is 2.48. The molecule has 4 rings (SSSR count). The van der Waals surface area contributed by atoms with Crippen LogP contribution in [-0.2, 0) is 28.1 Å². The third-order valence-electron chi connectivity index (χ3n) is 5.42. The quantitative estimate of drug-likeness (QED) is 0.881. The van der Waals surface area contributed by atoms with Gasteiger partial charge < -0.3 is 15.0 Å². The van der Waals surface area contributed by atoms with E-state index in [1.165, 1.54) is 4.88 Å². The maximum Gasteiger partial charge on any atom is 0.261 e. The van der Waals surface area contributed by atoms with Crippen molar-refractivity contribution in [2.75, 3.05) is 19.7 Å². The van der Waals surface area contributed by atoms with Gasteiger partial charge in [-0.15, -0.1) is 11.3 Å². The lowest BCUT2D eigenvalue weighted by Gasteiger charge is -2.43. The van der Waals surface area contributed by atoms with Crippen molar-refractivity contribution in [3.63, 3.8) is 0 Å². The van der Waals surface area contributed by atoms with Gasteiger partial charge in [0.25, 0.3) is 5.91 Å². The summed E-state index contributed by atoms with van der Waals surface area (Å²) in [5, 5.41) is 2.98. The molecular weight excluding hydrogens is 362 g/mol. The summed E-state index contributed by atoms with van der Waals surface area (Å²) in [5.41, 5.74) is 1.77. The van der Waals surface area contributed by atoms with Crippen molar-refractivity contribution in [1.82, 2.24) is 15.2 Å². The summed E-state index contributed by atoms with van der Waals surface area (Å²) >= 11 is 1.57. The van der Waals surface area contributed by atoms with Gasteiger partial charge in [0.05, 0.1) is 17.1 Å². The maximum absolute atomic E-state index is 12.6. The number of thiophene rings is 1. The number of carbonyl (C=O) groups is 2. The number of nitrogens with zero attached hydrogens (tertiary/aromatic N) is 2. The number of aromatic nitrogens is 1. The van der Waals surface area contributed by atoms with Gasteiger partial charge in [-0.05, 0) is 36.1 Å². The normalized spacial score (nSPS) is 18.2. The number of hydrogen-bond donors (Lipinski definition) is 1. The van der Waals surface area contributed by atoms with Gasteiger partial charge in [-0.1, -0.05) is 6.07 Å². The molecule has 0 radical (unpaired) electrons. The molecule has 2 amide bonds. The Bertz CT molecular complexity index is 841. The highest BCUT2D eigenvalue weighted by atomic mass is 32.1. The summed E-state index contributed by atoms with van der Waals surface area (Å²) in [6.45, 7) is 4.15. The number of nitrogens with one attached hydrogen (secondary N) is 1. The lowest BCUT2D eigenvalue weighted by atomic mass is 9.82. The molecule has 0 bridgehead atoms. The zero-order valence-electron chi connectivity index (χ0n) is 15.4. The van der Waals surface area contributed by atoms with Crippen LogP contribution in [0.25, 0.3) is 0 Å². The molecule has 2 aliphatic heterocycles. The molecule has 1 N–H and O–H groups in total. The summed E-state index contributed by atoms with van der Waals surface area (Å²) in [6, 6.07) is 5.80. The molecule has 0 saturated carbocycles. The summed E-state index contributed by atoms with van der Waals surface area (Å²) in [7, 11) is 0. The highest BCUT2D eigenvalue weighted by Crippen LogP contribution is 2.44. The van der Waals surface area contributed by atoms with Crippen molar-refractivity contribution >= 4 is 23.2 Å². The molecule has 2 aromatic rings. The van der Waals surface area contributed by atoms with E-state index < -0.39 is 0 Å². The minimum absolute atomic E-state index is 0.0606. The molecule has 2 aliphatic rings. The van der Waals surface area contributed by atoms with Crippen LogP contribution in [0.4, 0.5) is 0 Å².